The first kappa shape index (κ1) is 25.9. The minimum atomic E-state index is 0.315. The van der Waals surface area contributed by atoms with E-state index >= 15 is 0 Å². The summed E-state index contributed by atoms with van der Waals surface area (Å²) in [4.78, 5) is 2.35. The van der Waals surface area contributed by atoms with E-state index in [-0.39, 0.29) is 0 Å². The fraction of sp³-hybridized carbons (Fsp3) is 0.679. The van der Waals surface area contributed by atoms with Gasteiger partial charge in [-0.2, -0.15) is 0 Å². The molecule has 1 unspecified atom stereocenters. The molecular formula is C28H44N2O2S. The number of hydrogen-bond donors (Lipinski definition) is 1. The number of nitrogens with one attached hydrogen (secondary N) is 1. The molecule has 184 valence electrons. The Hall–Kier alpha value is -1.75. The quantitative estimate of drug-likeness (QED) is 0.164. The average Bonchev–Trinajstić information content (AvgIpc) is 3.30. The largest absolute Gasteiger partial charge is 0.454 e. The Morgan fingerprint density at radius 1 is 0.970 bits per heavy atom. The van der Waals surface area contributed by atoms with Crippen molar-refractivity contribution in [3.05, 3.63) is 35.9 Å². The standard InChI is InChI=1S/C28H44N2O2S/c1-2-3-4-5-6-7-8-9-10-14-19-29-28(33)30(21-24-15-12-11-13-16-24)22-25-17-18-26-27(20-25)32-23-31-26/h11-12,17-18,20,24H,2-10,13-16,19,21-23H2,1H3,(H,29,33). The Bertz CT molecular complexity index is 737. The summed E-state index contributed by atoms with van der Waals surface area (Å²) < 4.78 is 11.0. The number of unbranched alkanes of at least 4 members (excludes halogenated alkanes) is 9. The third kappa shape index (κ3) is 9.56. The summed E-state index contributed by atoms with van der Waals surface area (Å²) in [5, 5.41) is 4.44. The van der Waals surface area contributed by atoms with Crippen LogP contribution in [-0.2, 0) is 6.54 Å². The fourth-order valence-electron chi connectivity index (χ4n) is 4.73. The third-order valence-corrected chi connectivity index (χ3v) is 7.16. The Balaban J connectivity index is 1.38. The summed E-state index contributed by atoms with van der Waals surface area (Å²) in [6.45, 7) is 5.38. The lowest BCUT2D eigenvalue weighted by Gasteiger charge is -2.31. The Kier molecular flexibility index (Phi) is 11.9. The topological polar surface area (TPSA) is 33.7 Å². The molecule has 33 heavy (non-hydrogen) atoms. The molecule has 1 heterocycles. The number of benzene rings is 1. The second-order valence-electron chi connectivity index (χ2n) is 9.63. The number of thiocarbonyl (C=S) groups is 1. The number of ether oxygens (including phenoxy) is 2. The van der Waals surface area contributed by atoms with Crippen molar-refractivity contribution in [3.63, 3.8) is 0 Å². The molecule has 2 aliphatic rings. The highest BCUT2D eigenvalue weighted by atomic mass is 32.1. The van der Waals surface area contributed by atoms with Crippen molar-refractivity contribution in [1.29, 1.82) is 0 Å². The molecule has 0 bridgehead atoms. The second-order valence-corrected chi connectivity index (χ2v) is 10.0. The molecule has 0 saturated heterocycles. The molecule has 1 aliphatic heterocycles. The molecule has 0 saturated carbocycles. The van der Waals surface area contributed by atoms with Crippen LogP contribution in [0.3, 0.4) is 0 Å². The SMILES string of the molecule is CCCCCCCCCCCCNC(=S)N(Cc1ccc2c(c1)OCO2)CC1CC=CCC1. The van der Waals surface area contributed by atoms with E-state index in [9.17, 15) is 0 Å². The van der Waals surface area contributed by atoms with Gasteiger partial charge in [-0.1, -0.05) is 82.9 Å². The van der Waals surface area contributed by atoms with E-state index < -0.39 is 0 Å². The molecule has 0 radical (unpaired) electrons. The van der Waals surface area contributed by atoms with Gasteiger partial charge in [0.1, 0.15) is 0 Å². The van der Waals surface area contributed by atoms with Gasteiger partial charge < -0.3 is 19.7 Å². The zero-order chi connectivity index (χ0) is 23.1. The van der Waals surface area contributed by atoms with Crippen LogP contribution in [0, 0.1) is 5.92 Å². The normalized spacial score (nSPS) is 16.7. The van der Waals surface area contributed by atoms with E-state index in [2.05, 4.69) is 41.4 Å². The summed E-state index contributed by atoms with van der Waals surface area (Å²) in [5.41, 5.74) is 1.22. The molecule has 0 aromatic heterocycles. The van der Waals surface area contributed by atoms with Gasteiger partial charge in [-0.15, -0.1) is 0 Å². The fourth-order valence-corrected chi connectivity index (χ4v) is 4.97. The number of allylic oxidation sites excluding steroid dienone is 2. The van der Waals surface area contributed by atoms with Gasteiger partial charge in [0.05, 0.1) is 0 Å². The maximum Gasteiger partial charge on any atom is 0.231 e. The van der Waals surface area contributed by atoms with E-state index in [1.54, 1.807) is 0 Å². The van der Waals surface area contributed by atoms with Gasteiger partial charge in [-0.25, -0.2) is 0 Å². The Labute approximate surface area is 207 Å². The summed E-state index contributed by atoms with van der Waals surface area (Å²) in [6.07, 6.45) is 21.8. The monoisotopic (exact) mass is 472 g/mol. The van der Waals surface area contributed by atoms with Crippen molar-refractivity contribution in [1.82, 2.24) is 10.2 Å². The molecule has 5 heteroatoms. The minimum absolute atomic E-state index is 0.315. The van der Waals surface area contributed by atoms with E-state index in [4.69, 9.17) is 21.7 Å². The van der Waals surface area contributed by atoms with Gasteiger partial charge >= 0.3 is 0 Å². The van der Waals surface area contributed by atoms with E-state index in [0.29, 0.717) is 12.7 Å². The van der Waals surface area contributed by atoms with Gasteiger partial charge in [0.25, 0.3) is 0 Å². The van der Waals surface area contributed by atoms with Crippen LogP contribution < -0.4 is 14.8 Å². The van der Waals surface area contributed by atoms with Crippen LogP contribution in [0.15, 0.2) is 30.4 Å². The summed E-state index contributed by atoms with van der Waals surface area (Å²) in [6, 6.07) is 6.24. The highest BCUT2D eigenvalue weighted by Crippen LogP contribution is 2.33. The van der Waals surface area contributed by atoms with E-state index in [1.165, 1.54) is 82.6 Å². The molecule has 1 aromatic carbocycles. The third-order valence-electron chi connectivity index (χ3n) is 6.76. The summed E-state index contributed by atoms with van der Waals surface area (Å²) >= 11 is 5.85. The van der Waals surface area contributed by atoms with Crippen LogP contribution in [0.25, 0.3) is 0 Å². The first-order valence-corrected chi connectivity index (χ1v) is 13.7. The predicted octanol–water partition coefficient (Wildman–Crippen LogP) is 7.37. The molecule has 4 nitrogen and oxygen atoms in total. The first-order chi connectivity index (χ1) is 16.3. The van der Waals surface area contributed by atoms with Crippen LogP contribution in [0.5, 0.6) is 11.5 Å². The molecule has 1 aromatic rings. The summed E-state index contributed by atoms with van der Waals surface area (Å²) in [7, 11) is 0. The van der Waals surface area contributed by atoms with Crippen molar-refractivity contribution in [2.45, 2.75) is 96.9 Å². The van der Waals surface area contributed by atoms with Crippen molar-refractivity contribution in [2.24, 2.45) is 5.92 Å². The highest BCUT2D eigenvalue weighted by Gasteiger charge is 2.19. The lowest BCUT2D eigenvalue weighted by Crippen LogP contribution is -2.42. The van der Waals surface area contributed by atoms with Crippen LogP contribution in [-0.4, -0.2) is 29.9 Å². The lowest BCUT2D eigenvalue weighted by molar-refractivity contribution is 0.174. The van der Waals surface area contributed by atoms with Crippen molar-refractivity contribution in [3.8, 4) is 11.5 Å². The molecule has 1 atom stereocenters. The number of rotatable bonds is 15. The van der Waals surface area contributed by atoms with Crippen LogP contribution >= 0.6 is 12.2 Å². The average molecular weight is 473 g/mol. The second kappa shape index (κ2) is 15.2. The van der Waals surface area contributed by atoms with Crippen molar-refractivity contribution in [2.75, 3.05) is 19.9 Å². The minimum Gasteiger partial charge on any atom is -0.454 e. The zero-order valence-corrected chi connectivity index (χ0v) is 21.5. The molecule has 3 rings (SSSR count). The smallest absolute Gasteiger partial charge is 0.231 e. The van der Waals surface area contributed by atoms with Crippen molar-refractivity contribution >= 4 is 17.3 Å². The number of hydrogen-bond acceptors (Lipinski definition) is 3. The van der Waals surface area contributed by atoms with Crippen LogP contribution in [0.1, 0.15) is 96.0 Å². The van der Waals surface area contributed by atoms with E-state index in [1.807, 2.05) is 6.07 Å². The van der Waals surface area contributed by atoms with Gasteiger partial charge in [-0.05, 0) is 61.5 Å². The van der Waals surface area contributed by atoms with Gasteiger partial charge in [0, 0.05) is 19.6 Å². The molecule has 0 spiro atoms. The van der Waals surface area contributed by atoms with E-state index in [0.717, 1.165) is 42.7 Å². The molecule has 1 aliphatic carbocycles. The zero-order valence-electron chi connectivity index (χ0n) is 20.7. The molecule has 0 fully saturated rings. The maximum absolute atomic E-state index is 5.85. The van der Waals surface area contributed by atoms with Gasteiger partial charge in [0.2, 0.25) is 6.79 Å². The first-order valence-electron chi connectivity index (χ1n) is 13.3. The van der Waals surface area contributed by atoms with Crippen LogP contribution in [0.4, 0.5) is 0 Å². The summed E-state index contributed by atoms with van der Waals surface area (Å²) in [5.74, 6) is 2.35. The molecule has 1 N–H and O–H groups in total. The maximum atomic E-state index is 5.85. The Morgan fingerprint density at radius 3 is 2.42 bits per heavy atom. The number of nitrogens with zero attached hydrogens (tertiary/aromatic N) is 1. The number of fused-ring (bicyclic) bond motifs is 1. The Morgan fingerprint density at radius 2 is 1.70 bits per heavy atom. The molecular weight excluding hydrogens is 428 g/mol. The predicted molar refractivity (Wildman–Crippen MR) is 142 cm³/mol. The molecule has 0 amide bonds. The van der Waals surface area contributed by atoms with Crippen LogP contribution in [0.2, 0.25) is 0 Å². The lowest BCUT2D eigenvalue weighted by atomic mass is 9.94. The van der Waals surface area contributed by atoms with Gasteiger partial charge in [0.15, 0.2) is 16.6 Å². The van der Waals surface area contributed by atoms with Crippen molar-refractivity contribution < 1.29 is 9.47 Å². The van der Waals surface area contributed by atoms with Gasteiger partial charge in [-0.3, -0.25) is 0 Å². The highest BCUT2D eigenvalue weighted by molar-refractivity contribution is 7.80.